The number of para-hydroxylation sites is 1. The first kappa shape index (κ1) is 13.1. The lowest BCUT2D eigenvalue weighted by Gasteiger charge is -2.08. The summed E-state index contributed by atoms with van der Waals surface area (Å²) in [5.74, 6) is -0.843. The molecule has 1 aromatic carbocycles. The van der Waals surface area contributed by atoms with Gasteiger partial charge in [0, 0.05) is 11.4 Å². The summed E-state index contributed by atoms with van der Waals surface area (Å²) in [5.41, 5.74) is -1.21. The Bertz CT molecular complexity index is 590. The smallest absolute Gasteiger partial charge is 0.322 e. The van der Waals surface area contributed by atoms with Gasteiger partial charge in [0.15, 0.2) is 5.69 Å². The molecule has 0 saturated heterocycles. The molecule has 0 aliphatic heterocycles. The van der Waals surface area contributed by atoms with E-state index in [0.29, 0.717) is 5.69 Å². The lowest BCUT2D eigenvalue weighted by Crippen LogP contribution is -2.18. The first-order chi connectivity index (χ1) is 8.89. The Balaban J connectivity index is 2.32. The van der Waals surface area contributed by atoms with E-state index in [1.807, 2.05) is 0 Å². The Labute approximate surface area is 106 Å². The molecule has 7 heteroatoms. The fraction of sp³-hybridized carbons (Fsp3) is 0.167. The quantitative estimate of drug-likeness (QED) is 0.880. The van der Waals surface area contributed by atoms with Gasteiger partial charge in [0.2, 0.25) is 0 Å². The number of alkyl halides is 3. The molecule has 1 amide bonds. The summed E-state index contributed by atoms with van der Waals surface area (Å²) in [6, 6.07) is 8.24. The Kier molecular flexibility index (Phi) is 3.28. The maximum atomic E-state index is 12.7. The molecule has 0 spiro atoms. The van der Waals surface area contributed by atoms with Crippen molar-refractivity contribution in [1.82, 2.24) is 10.2 Å². The number of amides is 1. The molecule has 0 bridgehead atoms. The molecule has 2 aromatic rings. The van der Waals surface area contributed by atoms with Crippen molar-refractivity contribution in [1.29, 1.82) is 0 Å². The number of nitrogens with zero attached hydrogens (tertiary/aromatic N) is 1. The van der Waals surface area contributed by atoms with Gasteiger partial charge in [-0.05, 0) is 19.1 Å². The molecule has 4 nitrogen and oxygen atoms in total. The molecular formula is C12H10F3N3O. The molecule has 1 heterocycles. The highest BCUT2D eigenvalue weighted by atomic mass is 19.4. The van der Waals surface area contributed by atoms with Crippen LogP contribution < -0.4 is 5.32 Å². The number of halogens is 3. The number of benzene rings is 1. The Morgan fingerprint density at radius 3 is 2.47 bits per heavy atom. The number of carbonyl (C=O) groups excluding carboxylic acids is 1. The van der Waals surface area contributed by atoms with Gasteiger partial charge in [-0.3, -0.25) is 9.89 Å². The van der Waals surface area contributed by atoms with Crippen LogP contribution in [0.3, 0.4) is 0 Å². The summed E-state index contributed by atoms with van der Waals surface area (Å²) >= 11 is 0. The van der Waals surface area contributed by atoms with Crippen LogP contribution in [0.15, 0.2) is 30.3 Å². The predicted molar refractivity (Wildman–Crippen MR) is 62.7 cm³/mol. The number of hydrogen-bond donors (Lipinski definition) is 2. The van der Waals surface area contributed by atoms with Gasteiger partial charge < -0.3 is 5.32 Å². The standard InChI is InChI=1S/C12H10F3N3O/c1-7-9(10(18-17-7)12(13,14)15)11(19)16-8-5-3-2-4-6-8/h2-6H,1H3,(H,16,19)(H,17,18). The summed E-state index contributed by atoms with van der Waals surface area (Å²) in [5, 5.41) is 7.72. The zero-order valence-electron chi connectivity index (χ0n) is 9.88. The fourth-order valence-electron chi connectivity index (χ4n) is 1.63. The van der Waals surface area contributed by atoms with Gasteiger partial charge in [-0.2, -0.15) is 18.3 Å². The average molecular weight is 269 g/mol. The van der Waals surface area contributed by atoms with Crippen molar-refractivity contribution in [2.45, 2.75) is 13.1 Å². The van der Waals surface area contributed by atoms with E-state index in [0.717, 1.165) is 0 Å². The van der Waals surface area contributed by atoms with E-state index in [1.165, 1.54) is 6.92 Å². The lowest BCUT2D eigenvalue weighted by molar-refractivity contribution is -0.141. The van der Waals surface area contributed by atoms with Crippen LogP contribution in [-0.4, -0.2) is 16.1 Å². The first-order valence-corrected chi connectivity index (χ1v) is 5.38. The molecule has 0 atom stereocenters. The molecule has 0 saturated carbocycles. The number of anilines is 1. The van der Waals surface area contributed by atoms with Gasteiger partial charge in [-0.1, -0.05) is 18.2 Å². The largest absolute Gasteiger partial charge is 0.435 e. The number of aryl methyl sites for hydroxylation is 1. The molecule has 0 unspecified atom stereocenters. The molecular weight excluding hydrogens is 259 g/mol. The van der Waals surface area contributed by atoms with E-state index < -0.39 is 23.3 Å². The molecule has 2 N–H and O–H groups in total. The van der Waals surface area contributed by atoms with Crippen LogP contribution in [0.2, 0.25) is 0 Å². The van der Waals surface area contributed by atoms with Gasteiger partial charge in [0.05, 0.1) is 5.56 Å². The second-order valence-electron chi connectivity index (χ2n) is 3.89. The van der Waals surface area contributed by atoms with Crippen molar-refractivity contribution >= 4 is 11.6 Å². The third kappa shape index (κ3) is 2.75. The zero-order valence-corrected chi connectivity index (χ0v) is 9.88. The van der Waals surface area contributed by atoms with Crippen LogP contribution in [0, 0.1) is 6.92 Å². The predicted octanol–water partition coefficient (Wildman–Crippen LogP) is 2.99. The number of H-pyrrole nitrogens is 1. The molecule has 100 valence electrons. The number of nitrogens with one attached hydrogen (secondary N) is 2. The zero-order chi connectivity index (χ0) is 14.0. The number of rotatable bonds is 2. The van der Waals surface area contributed by atoms with Crippen LogP contribution in [0.1, 0.15) is 21.7 Å². The molecule has 2 rings (SSSR count). The summed E-state index contributed by atoms with van der Waals surface area (Å²) in [6.45, 7) is 1.36. The van der Waals surface area contributed by atoms with Crippen molar-refractivity contribution in [2.24, 2.45) is 0 Å². The highest BCUT2D eigenvalue weighted by Crippen LogP contribution is 2.31. The topological polar surface area (TPSA) is 57.8 Å². The van der Waals surface area contributed by atoms with Gasteiger partial charge >= 0.3 is 6.18 Å². The number of aromatic amines is 1. The minimum absolute atomic E-state index is 0.0701. The second kappa shape index (κ2) is 4.75. The third-order valence-corrected chi connectivity index (χ3v) is 2.47. The highest BCUT2D eigenvalue weighted by molar-refractivity contribution is 6.05. The summed E-state index contributed by atoms with van der Waals surface area (Å²) in [4.78, 5) is 11.9. The second-order valence-corrected chi connectivity index (χ2v) is 3.89. The van der Waals surface area contributed by atoms with Crippen LogP contribution in [0.25, 0.3) is 0 Å². The number of aromatic nitrogens is 2. The van der Waals surface area contributed by atoms with Crippen molar-refractivity contribution < 1.29 is 18.0 Å². The molecule has 19 heavy (non-hydrogen) atoms. The van der Waals surface area contributed by atoms with Crippen molar-refractivity contribution in [2.75, 3.05) is 5.32 Å². The van der Waals surface area contributed by atoms with Gasteiger partial charge in [0.1, 0.15) is 0 Å². The van der Waals surface area contributed by atoms with E-state index in [4.69, 9.17) is 0 Å². The van der Waals surface area contributed by atoms with E-state index in [1.54, 1.807) is 30.3 Å². The van der Waals surface area contributed by atoms with E-state index in [-0.39, 0.29) is 5.69 Å². The molecule has 1 aromatic heterocycles. The summed E-state index contributed by atoms with van der Waals surface area (Å²) < 4.78 is 38.1. The van der Waals surface area contributed by atoms with Gasteiger partial charge in [-0.25, -0.2) is 0 Å². The van der Waals surface area contributed by atoms with E-state index in [9.17, 15) is 18.0 Å². The Morgan fingerprint density at radius 2 is 1.89 bits per heavy atom. The van der Waals surface area contributed by atoms with Crippen LogP contribution in [0.4, 0.5) is 18.9 Å². The SMILES string of the molecule is Cc1[nH]nc(C(F)(F)F)c1C(=O)Nc1ccccc1. The van der Waals surface area contributed by atoms with Crippen molar-refractivity contribution in [3.05, 3.63) is 47.3 Å². The van der Waals surface area contributed by atoms with Gasteiger partial charge in [0.25, 0.3) is 5.91 Å². The van der Waals surface area contributed by atoms with Crippen LogP contribution in [-0.2, 0) is 6.18 Å². The molecule has 0 fully saturated rings. The first-order valence-electron chi connectivity index (χ1n) is 5.38. The number of hydrogen-bond acceptors (Lipinski definition) is 2. The maximum absolute atomic E-state index is 12.7. The maximum Gasteiger partial charge on any atom is 0.435 e. The van der Waals surface area contributed by atoms with Crippen molar-refractivity contribution in [3.8, 4) is 0 Å². The van der Waals surface area contributed by atoms with E-state index in [2.05, 4.69) is 15.5 Å². The third-order valence-electron chi connectivity index (χ3n) is 2.47. The Morgan fingerprint density at radius 1 is 1.26 bits per heavy atom. The minimum atomic E-state index is -4.67. The molecule has 0 aliphatic rings. The normalized spacial score (nSPS) is 11.4. The van der Waals surface area contributed by atoms with E-state index >= 15 is 0 Å². The molecule has 0 radical (unpaired) electrons. The minimum Gasteiger partial charge on any atom is -0.322 e. The van der Waals surface area contributed by atoms with Crippen LogP contribution in [0.5, 0.6) is 0 Å². The highest BCUT2D eigenvalue weighted by Gasteiger charge is 2.39. The lowest BCUT2D eigenvalue weighted by atomic mass is 10.1. The van der Waals surface area contributed by atoms with Crippen molar-refractivity contribution in [3.63, 3.8) is 0 Å². The number of carbonyl (C=O) groups is 1. The summed E-state index contributed by atoms with van der Waals surface area (Å²) in [6.07, 6.45) is -4.67. The molecule has 0 aliphatic carbocycles. The Hall–Kier alpha value is -2.31. The van der Waals surface area contributed by atoms with Gasteiger partial charge in [-0.15, -0.1) is 0 Å². The fourth-order valence-corrected chi connectivity index (χ4v) is 1.63. The monoisotopic (exact) mass is 269 g/mol. The average Bonchev–Trinajstić information content (AvgIpc) is 2.72. The van der Waals surface area contributed by atoms with Crippen LogP contribution >= 0.6 is 0 Å². The summed E-state index contributed by atoms with van der Waals surface area (Å²) in [7, 11) is 0.